The van der Waals surface area contributed by atoms with Crippen molar-refractivity contribution in [3.05, 3.63) is 12.0 Å². The Bertz CT molecular complexity index is 421. The van der Waals surface area contributed by atoms with Gasteiger partial charge in [0.15, 0.2) is 5.97 Å². The first-order valence-corrected chi connectivity index (χ1v) is 7.62. The zero-order chi connectivity index (χ0) is 19.7. The molecular formula is C15H27NO9W. The Morgan fingerprint density at radius 2 is 1.77 bits per heavy atom. The van der Waals surface area contributed by atoms with Crippen LogP contribution in [0, 0.1) is 12.0 Å². The summed E-state index contributed by atoms with van der Waals surface area (Å²) in [5.74, 6) is -0.922. The Morgan fingerprint density at radius 3 is 2.15 bits per heavy atom. The fourth-order valence-electron chi connectivity index (χ4n) is 1.98. The van der Waals surface area contributed by atoms with Gasteiger partial charge in [-0.1, -0.05) is 0 Å². The summed E-state index contributed by atoms with van der Waals surface area (Å²) in [5, 5.41) is 57.7. The predicted molar refractivity (Wildman–Crippen MR) is 84.8 cm³/mol. The number of aliphatic carboxylic acids is 1. The zero-order valence-electron chi connectivity index (χ0n) is 14.8. The molecule has 152 valence electrons. The molecule has 0 spiro atoms. The van der Waals surface area contributed by atoms with Crippen molar-refractivity contribution < 1.29 is 66.0 Å². The molecule has 0 unspecified atom stereocenters. The summed E-state index contributed by atoms with van der Waals surface area (Å²) >= 11 is 0. The molecule has 7 N–H and O–H groups in total. The Balaban J connectivity index is 0. The van der Waals surface area contributed by atoms with E-state index in [1.54, 1.807) is 0 Å². The van der Waals surface area contributed by atoms with E-state index in [-0.39, 0.29) is 21.1 Å². The number of nitrogens with one attached hydrogen (secondary N) is 1. The van der Waals surface area contributed by atoms with Gasteiger partial charge in [0.05, 0.1) is 24.9 Å². The number of aliphatic hydroxyl groups excluding tert-OH is 5. The normalized spacial score (nSPS) is 24.7. The van der Waals surface area contributed by atoms with Crippen LogP contribution >= 0.6 is 0 Å². The third-order valence-corrected chi connectivity index (χ3v) is 3.07. The third-order valence-electron chi connectivity index (χ3n) is 3.07. The Kier molecular flexibility index (Phi) is 14.2. The largest absolute Gasteiger partial charge is 2.00 e. The van der Waals surface area contributed by atoms with Gasteiger partial charge in [-0.05, 0) is 0 Å². The quantitative estimate of drug-likeness (QED) is 0.178. The molecule has 26 heavy (non-hydrogen) atoms. The number of carboxylic acids is 1. The molecule has 0 bridgehead atoms. The topological polar surface area (TPSA) is 177 Å². The number of rotatable bonds is 6. The SMILES string of the molecule is C[C-](C)C.O=C(CO)N[C@H]1[C@H]([C@H](O)[C@H](O)CO)O[C-](C(=O)O)C[C@@H]1O.[W+2]. The second kappa shape index (κ2) is 13.4. The molecule has 0 aromatic carbocycles. The predicted octanol–water partition coefficient (Wildman–Crippen LogP) is -2.44. The van der Waals surface area contributed by atoms with Crippen LogP contribution in [0.3, 0.4) is 0 Å². The number of hydrogen-bond donors (Lipinski definition) is 7. The number of carboxylic acid groups (broad SMARTS) is 1. The maximum absolute atomic E-state index is 11.2. The Labute approximate surface area is 166 Å². The summed E-state index contributed by atoms with van der Waals surface area (Å²) in [4.78, 5) is 22.1. The van der Waals surface area contributed by atoms with Crippen molar-refractivity contribution in [3.8, 4) is 0 Å². The van der Waals surface area contributed by atoms with Gasteiger partial charge in [-0.25, -0.2) is 0 Å². The minimum atomic E-state index is -1.76. The molecule has 1 aliphatic heterocycles. The maximum atomic E-state index is 11.2. The van der Waals surface area contributed by atoms with Gasteiger partial charge in [-0.2, -0.15) is 26.9 Å². The average molecular weight is 549 g/mol. The molecule has 0 aliphatic carbocycles. The summed E-state index contributed by atoms with van der Waals surface area (Å²) in [7, 11) is 0. The van der Waals surface area contributed by atoms with E-state index in [0.29, 0.717) is 0 Å². The van der Waals surface area contributed by atoms with Crippen LogP contribution in [0.4, 0.5) is 0 Å². The molecule has 5 atom stereocenters. The number of hydrogen-bond acceptors (Lipinski definition) is 8. The van der Waals surface area contributed by atoms with Gasteiger partial charge in [-0.3, -0.25) is 9.59 Å². The van der Waals surface area contributed by atoms with Crippen molar-refractivity contribution in [2.75, 3.05) is 13.2 Å². The molecule has 0 aromatic heterocycles. The number of amides is 1. The van der Waals surface area contributed by atoms with Crippen LogP contribution in [0.2, 0.25) is 0 Å². The first-order chi connectivity index (χ1) is 11.5. The molecule has 1 aliphatic rings. The summed E-state index contributed by atoms with van der Waals surface area (Å²) in [5.41, 5.74) is 0. The molecule has 0 saturated carbocycles. The Morgan fingerprint density at radius 1 is 1.27 bits per heavy atom. The third kappa shape index (κ3) is 9.27. The van der Waals surface area contributed by atoms with Crippen molar-refractivity contribution >= 4 is 11.9 Å². The van der Waals surface area contributed by atoms with Crippen molar-refractivity contribution in [2.45, 2.75) is 57.6 Å². The molecular weight excluding hydrogens is 522 g/mol. The van der Waals surface area contributed by atoms with Gasteiger partial charge in [0, 0.05) is 0 Å². The van der Waals surface area contributed by atoms with Crippen LogP contribution in [-0.4, -0.2) is 86.2 Å². The zero-order valence-corrected chi connectivity index (χ0v) is 17.8. The van der Waals surface area contributed by atoms with Crippen molar-refractivity contribution in [3.63, 3.8) is 0 Å². The minimum Gasteiger partial charge on any atom is -0.514 e. The van der Waals surface area contributed by atoms with Gasteiger partial charge in [0.2, 0.25) is 5.91 Å². The van der Waals surface area contributed by atoms with E-state index in [2.05, 4.69) is 26.1 Å². The molecule has 0 radical (unpaired) electrons. The Hall–Kier alpha value is -0.742. The fourth-order valence-corrected chi connectivity index (χ4v) is 1.98. The van der Waals surface area contributed by atoms with E-state index in [1.165, 1.54) is 5.92 Å². The second-order valence-corrected chi connectivity index (χ2v) is 6.07. The number of carbonyl (C=O) groups is 2. The molecule has 0 aromatic rings. The van der Waals surface area contributed by atoms with Gasteiger partial charge >= 0.3 is 21.1 Å². The van der Waals surface area contributed by atoms with Crippen LogP contribution in [0.15, 0.2) is 0 Å². The maximum Gasteiger partial charge on any atom is 2.00 e. The first-order valence-electron chi connectivity index (χ1n) is 7.62. The molecule has 1 amide bonds. The molecule has 1 rings (SSSR count). The van der Waals surface area contributed by atoms with Crippen LogP contribution in [0.25, 0.3) is 0 Å². The van der Waals surface area contributed by atoms with Gasteiger partial charge in [0.1, 0.15) is 18.8 Å². The fraction of sp³-hybridized carbons (Fsp3) is 0.733. The molecule has 1 saturated heterocycles. The summed E-state index contributed by atoms with van der Waals surface area (Å²) in [6, 6.07) is -1.26. The average Bonchev–Trinajstić information content (AvgIpc) is 2.53. The monoisotopic (exact) mass is 549 g/mol. The van der Waals surface area contributed by atoms with E-state index >= 15 is 0 Å². The van der Waals surface area contributed by atoms with Crippen molar-refractivity contribution in [1.82, 2.24) is 5.32 Å². The van der Waals surface area contributed by atoms with E-state index in [9.17, 15) is 24.9 Å². The number of carbonyl (C=O) groups excluding carboxylic acids is 1. The summed E-state index contributed by atoms with van der Waals surface area (Å²) in [6.45, 7) is 4.53. The minimum absolute atomic E-state index is 0. The van der Waals surface area contributed by atoms with E-state index < -0.39 is 68.1 Å². The molecule has 11 heteroatoms. The number of aliphatic hydroxyl groups is 5. The smallest absolute Gasteiger partial charge is 0.514 e. The molecule has 1 heterocycles. The van der Waals surface area contributed by atoms with E-state index in [1.807, 2.05) is 0 Å². The first kappa shape index (κ1) is 27.5. The van der Waals surface area contributed by atoms with Gasteiger partial charge in [-0.15, -0.1) is 6.42 Å². The van der Waals surface area contributed by atoms with Gasteiger partial charge < -0.3 is 46.6 Å². The molecule has 10 nitrogen and oxygen atoms in total. The van der Waals surface area contributed by atoms with E-state index in [0.717, 1.165) is 0 Å². The van der Waals surface area contributed by atoms with Crippen LogP contribution in [-0.2, 0) is 35.4 Å². The summed E-state index contributed by atoms with van der Waals surface area (Å²) in [6.07, 6.45) is -7.31. The van der Waals surface area contributed by atoms with Gasteiger partial charge in [0.25, 0.3) is 0 Å². The van der Waals surface area contributed by atoms with Crippen LogP contribution < -0.4 is 5.32 Å². The van der Waals surface area contributed by atoms with E-state index in [4.69, 9.17) is 20.1 Å². The van der Waals surface area contributed by atoms with Crippen molar-refractivity contribution in [2.24, 2.45) is 0 Å². The standard InChI is InChI=1S/C11H18NO9.C4H9.W/c13-2-5(16)9(18)10-8(12-7(17)3-14)4(15)1-6(21-10)11(19)20;1-4(2)3;/h4-5,8-10,13-16,18H,1-3H2,(H,12,17)(H,19,20);1-3H3;/q2*-1;+2/t4-,5+,8+,9+,10+;;/m0../s1. The molecule has 1 fully saturated rings. The summed E-state index contributed by atoms with van der Waals surface area (Å²) < 4.78 is 5.00. The number of ether oxygens (including phenoxy) is 1. The second-order valence-electron chi connectivity index (χ2n) is 6.07. The van der Waals surface area contributed by atoms with Crippen LogP contribution in [0.5, 0.6) is 0 Å². The van der Waals surface area contributed by atoms with Crippen LogP contribution in [0.1, 0.15) is 27.2 Å². The van der Waals surface area contributed by atoms with Crippen molar-refractivity contribution in [1.29, 1.82) is 0 Å².